The zero-order valence-corrected chi connectivity index (χ0v) is 21.3. The average Bonchev–Trinajstić information content (AvgIpc) is 3.55. The molecule has 1 N–H and O–H groups in total. The van der Waals surface area contributed by atoms with E-state index in [0.717, 1.165) is 17.7 Å². The molecule has 0 amide bonds. The highest BCUT2D eigenvalue weighted by Crippen LogP contribution is 2.38. The van der Waals surface area contributed by atoms with Crippen molar-refractivity contribution in [3.63, 3.8) is 0 Å². The Morgan fingerprint density at radius 1 is 1.27 bits per heavy atom. The molecule has 0 saturated carbocycles. The largest absolute Gasteiger partial charge is 0.416 e. The summed E-state index contributed by atoms with van der Waals surface area (Å²) in [5.74, 6) is -1.42. The van der Waals surface area contributed by atoms with E-state index in [2.05, 4.69) is 11.4 Å². The number of benzene rings is 1. The Balaban J connectivity index is 1.83. The SMILES string of the molecule is Cc1cc(C#N)ccc1C(=NC1(OC(C)(C)C)CO1)C1=C(NC2C=C(C(F)(F)F)C=CC2)CCCC1=O. The number of rotatable bonds is 6. The second-order valence-corrected chi connectivity index (χ2v) is 10.5. The second kappa shape index (κ2) is 9.92. The van der Waals surface area contributed by atoms with Gasteiger partial charge in [-0.3, -0.25) is 4.79 Å². The lowest BCUT2D eigenvalue weighted by molar-refractivity contribution is -0.122. The fourth-order valence-electron chi connectivity index (χ4n) is 4.57. The van der Waals surface area contributed by atoms with Crippen LogP contribution in [-0.4, -0.2) is 41.8 Å². The Kier molecular flexibility index (Phi) is 7.19. The molecule has 37 heavy (non-hydrogen) atoms. The van der Waals surface area contributed by atoms with E-state index < -0.39 is 29.3 Å². The lowest BCUT2D eigenvalue weighted by Crippen LogP contribution is -2.35. The van der Waals surface area contributed by atoms with Crippen LogP contribution in [0.2, 0.25) is 0 Å². The van der Waals surface area contributed by atoms with Crippen LogP contribution in [0, 0.1) is 18.3 Å². The molecule has 1 aromatic carbocycles. The van der Waals surface area contributed by atoms with E-state index in [9.17, 15) is 23.2 Å². The van der Waals surface area contributed by atoms with Gasteiger partial charge in [0.1, 0.15) is 6.61 Å². The van der Waals surface area contributed by atoms with Crippen molar-refractivity contribution in [2.45, 2.75) is 77.1 Å². The first-order valence-electron chi connectivity index (χ1n) is 12.2. The molecule has 0 aromatic heterocycles. The van der Waals surface area contributed by atoms with Gasteiger partial charge < -0.3 is 14.8 Å². The number of nitrogens with one attached hydrogen (secondary N) is 1. The van der Waals surface area contributed by atoms with E-state index in [1.807, 2.05) is 27.7 Å². The first-order valence-corrected chi connectivity index (χ1v) is 12.2. The number of carbonyl (C=O) groups excluding carboxylic acids is 1. The number of aliphatic imine (C=N–C) groups is 1. The molecule has 1 aliphatic heterocycles. The minimum atomic E-state index is -4.46. The molecule has 1 saturated heterocycles. The van der Waals surface area contributed by atoms with Gasteiger partial charge in [0.15, 0.2) is 5.78 Å². The van der Waals surface area contributed by atoms with Crippen LogP contribution in [0.25, 0.3) is 0 Å². The molecule has 196 valence electrons. The first kappa shape index (κ1) is 26.8. The fraction of sp³-hybridized carbons (Fsp3) is 0.464. The fourth-order valence-corrected chi connectivity index (χ4v) is 4.57. The maximum absolute atomic E-state index is 13.4. The van der Waals surface area contributed by atoms with E-state index in [-0.39, 0.29) is 18.8 Å². The van der Waals surface area contributed by atoms with E-state index in [0.29, 0.717) is 47.4 Å². The number of alkyl halides is 3. The van der Waals surface area contributed by atoms with Gasteiger partial charge in [-0.2, -0.15) is 18.4 Å². The minimum Gasteiger partial charge on any atom is -0.381 e. The van der Waals surface area contributed by atoms with Crippen LogP contribution in [-0.2, 0) is 14.3 Å². The lowest BCUT2D eigenvalue weighted by Gasteiger charge is -2.28. The van der Waals surface area contributed by atoms with Crippen LogP contribution < -0.4 is 5.32 Å². The number of Topliss-reactive ketones (excluding diaryl/α,β-unsaturated/α-hetero) is 1. The number of aryl methyl sites for hydroxylation is 1. The summed E-state index contributed by atoms with van der Waals surface area (Å²) >= 11 is 0. The quantitative estimate of drug-likeness (QED) is 0.397. The molecule has 2 unspecified atom stereocenters. The van der Waals surface area contributed by atoms with Gasteiger partial charge in [0.05, 0.1) is 34.1 Å². The van der Waals surface area contributed by atoms with E-state index >= 15 is 0 Å². The molecule has 6 nitrogen and oxygen atoms in total. The molecule has 2 aliphatic carbocycles. The predicted molar refractivity (Wildman–Crippen MR) is 133 cm³/mol. The normalized spacial score (nSPS) is 24.6. The lowest BCUT2D eigenvalue weighted by atomic mass is 9.86. The highest BCUT2D eigenvalue weighted by molar-refractivity contribution is 6.29. The van der Waals surface area contributed by atoms with E-state index in [1.54, 1.807) is 18.2 Å². The molecule has 0 spiro atoms. The second-order valence-electron chi connectivity index (χ2n) is 10.5. The summed E-state index contributed by atoms with van der Waals surface area (Å²) in [6.45, 7) is 7.65. The molecule has 9 heteroatoms. The summed E-state index contributed by atoms with van der Waals surface area (Å²) in [6.07, 6.45) is 0.954. The topological polar surface area (TPSA) is 87.0 Å². The molecule has 3 aliphatic rings. The highest BCUT2D eigenvalue weighted by Gasteiger charge is 2.50. The number of ether oxygens (including phenoxy) is 2. The Bertz CT molecular complexity index is 1260. The molecule has 0 radical (unpaired) electrons. The monoisotopic (exact) mass is 513 g/mol. The summed E-state index contributed by atoms with van der Waals surface area (Å²) < 4.78 is 51.7. The van der Waals surface area contributed by atoms with Crippen molar-refractivity contribution >= 4 is 11.5 Å². The number of hydrogen-bond donors (Lipinski definition) is 1. The molecule has 0 bridgehead atoms. The molecule has 4 rings (SSSR count). The third kappa shape index (κ3) is 6.38. The van der Waals surface area contributed by atoms with E-state index in [4.69, 9.17) is 14.5 Å². The maximum atomic E-state index is 13.4. The van der Waals surface area contributed by atoms with Crippen LogP contribution in [0.5, 0.6) is 0 Å². The van der Waals surface area contributed by atoms with Gasteiger partial charge in [0.25, 0.3) is 5.91 Å². The molecule has 1 aromatic rings. The van der Waals surface area contributed by atoms with Crippen LogP contribution in [0.4, 0.5) is 13.2 Å². The van der Waals surface area contributed by atoms with Crippen LogP contribution >= 0.6 is 0 Å². The number of epoxide rings is 1. The number of nitriles is 1. The van der Waals surface area contributed by atoms with Gasteiger partial charge in [-0.15, -0.1) is 0 Å². The average molecular weight is 514 g/mol. The third-order valence-corrected chi connectivity index (χ3v) is 6.15. The van der Waals surface area contributed by atoms with Gasteiger partial charge in [0.2, 0.25) is 0 Å². The van der Waals surface area contributed by atoms with Crippen molar-refractivity contribution in [3.05, 3.63) is 70.0 Å². The van der Waals surface area contributed by atoms with Crippen molar-refractivity contribution < 1.29 is 27.4 Å². The zero-order valence-electron chi connectivity index (χ0n) is 21.3. The summed E-state index contributed by atoms with van der Waals surface area (Å²) in [7, 11) is 0. The molecule has 1 heterocycles. The number of hydrogen-bond acceptors (Lipinski definition) is 6. The Morgan fingerprint density at radius 3 is 2.59 bits per heavy atom. The maximum Gasteiger partial charge on any atom is 0.416 e. The van der Waals surface area contributed by atoms with Gasteiger partial charge in [-0.25, -0.2) is 4.99 Å². The highest BCUT2D eigenvalue weighted by atomic mass is 19.4. The first-order chi connectivity index (χ1) is 17.3. The standard InChI is InChI=1S/C28H30F3N3O3/c1-17-13-18(15-32)11-12-21(17)25(34-27(16-36-27)37-26(2,3)4)24-22(9-6-10-23(24)35)33-20-8-5-7-19(14-20)28(29,30)31/h5,7,11-14,20,33H,6,8-10,16H2,1-4H3. The number of halogens is 3. The molecule has 2 atom stereocenters. The molecular weight excluding hydrogens is 483 g/mol. The van der Waals surface area contributed by atoms with E-state index in [1.165, 1.54) is 6.08 Å². The summed E-state index contributed by atoms with van der Waals surface area (Å²) in [6, 6.07) is 6.57. The van der Waals surface area contributed by atoms with Gasteiger partial charge in [0, 0.05) is 23.7 Å². The summed E-state index contributed by atoms with van der Waals surface area (Å²) in [4.78, 5) is 18.2. The van der Waals surface area contributed by atoms with Crippen molar-refractivity contribution in [2.24, 2.45) is 4.99 Å². The number of carbonyl (C=O) groups is 1. The van der Waals surface area contributed by atoms with Crippen LogP contribution in [0.3, 0.4) is 0 Å². The Morgan fingerprint density at radius 2 is 2.00 bits per heavy atom. The predicted octanol–water partition coefficient (Wildman–Crippen LogP) is 5.57. The van der Waals surface area contributed by atoms with Crippen molar-refractivity contribution in [2.75, 3.05) is 6.61 Å². The number of nitrogens with zero attached hydrogens (tertiary/aromatic N) is 2. The molecule has 1 fully saturated rings. The Hall–Kier alpha value is -3.22. The smallest absolute Gasteiger partial charge is 0.381 e. The summed E-state index contributed by atoms with van der Waals surface area (Å²) in [5.41, 5.74) is 1.74. The van der Waals surface area contributed by atoms with Gasteiger partial charge in [-0.1, -0.05) is 18.2 Å². The van der Waals surface area contributed by atoms with Gasteiger partial charge >= 0.3 is 6.18 Å². The molecular formula is C28H30F3N3O3. The van der Waals surface area contributed by atoms with Crippen molar-refractivity contribution in [1.29, 1.82) is 5.26 Å². The summed E-state index contributed by atoms with van der Waals surface area (Å²) in [5, 5.41) is 12.5. The zero-order chi connectivity index (χ0) is 27.0. The van der Waals surface area contributed by atoms with Crippen LogP contribution in [0.15, 0.2) is 58.3 Å². The van der Waals surface area contributed by atoms with Crippen LogP contribution in [0.1, 0.15) is 63.1 Å². The Labute approximate surface area is 214 Å². The third-order valence-electron chi connectivity index (χ3n) is 6.15. The van der Waals surface area contributed by atoms with Gasteiger partial charge in [-0.05, 0) is 70.7 Å². The number of allylic oxidation sites excluding steroid dienone is 4. The number of ketones is 1. The van der Waals surface area contributed by atoms with Crippen molar-refractivity contribution in [3.8, 4) is 6.07 Å². The van der Waals surface area contributed by atoms with Crippen molar-refractivity contribution in [1.82, 2.24) is 5.32 Å². The minimum absolute atomic E-state index is 0.158.